The van der Waals surface area contributed by atoms with Gasteiger partial charge in [-0.2, -0.15) is 13.2 Å². The van der Waals surface area contributed by atoms with Crippen LogP contribution in [0.2, 0.25) is 0 Å². The van der Waals surface area contributed by atoms with Gasteiger partial charge in [-0.15, -0.1) is 11.8 Å². The molecule has 0 aromatic heterocycles. The summed E-state index contributed by atoms with van der Waals surface area (Å²) >= 11 is 1.46. The van der Waals surface area contributed by atoms with Crippen LogP contribution in [0.1, 0.15) is 12.5 Å². The van der Waals surface area contributed by atoms with Crippen molar-refractivity contribution in [3.05, 3.63) is 23.8 Å². The molecule has 1 unspecified atom stereocenters. The van der Waals surface area contributed by atoms with Crippen LogP contribution in [0.4, 0.5) is 18.9 Å². The minimum Gasteiger partial charge on any atom is -0.381 e. The van der Waals surface area contributed by atoms with Crippen LogP contribution < -0.4 is 5.32 Å². The zero-order valence-corrected chi connectivity index (χ0v) is 8.88. The molecule has 5 heteroatoms. The van der Waals surface area contributed by atoms with E-state index in [4.69, 9.17) is 0 Å². The van der Waals surface area contributed by atoms with Crippen LogP contribution in [0.15, 0.2) is 23.1 Å². The molecule has 1 aromatic rings. The molecule has 1 aromatic carbocycles. The second-order valence-corrected chi connectivity index (χ2v) is 4.63. The fourth-order valence-electron chi connectivity index (χ4n) is 1.46. The molecule has 0 bridgehead atoms. The van der Waals surface area contributed by atoms with Crippen molar-refractivity contribution in [3.63, 3.8) is 0 Å². The summed E-state index contributed by atoms with van der Waals surface area (Å²) in [6, 6.07) is 4.13. The van der Waals surface area contributed by atoms with Crippen LogP contribution in [-0.2, 0) is 6.18 Å². The van der Waals surface area contributed by atoms with E-state index >= 15 is 0 Å². The highest BCUT2D eigenvalue weighted by Crippen LogP contribution is 2.38. The highest BCUT2D eigenvalue weighted by Gasteiger charge is 2.31. The number of anilines is 1. The number of rotatable bonds is 0. The van der Waals surface area contributed by atoms with Gasteiger partial charge in [0.05, 0.1) is 5.56 Å². The van der Waals surface area contributed by atoms with Crippen molar-refractivity contribution in [1.82, 2.24) is 0 Å². The maximum Gasteiger partial charge on any atom is 0.416 e. The number of fused-ring (bicyclic) bond motifs is 1. The molecule has 0 saturated heterocycles. The van der Waals surface area contributed by atoms with Crippen LogP contribution in [0.3, 0.4) is 0 Å². The van der Waals surface area contributed by atoms with E-state index in [-0.39, 0.29) is 0 Å². The van der Waals surface area contributed by atoms with Gasteiger partial charge in [0.1, 0.15) is 0 Å². The minimum absolute atomic E-state index is 0.305. The maximum absolute atomic E-state index is 12.4. The topological polar surface area (TPSA) is 12.0 Å². The summed E-state index contributed by atoms with van der Waals surface area (Å²) in [7, 11) is 0. The molecule has 2 rings (SSSR count). The Bertz CT molecular complexity index is 375. The molecule has 0 spiro atoms. The van der Waals surface area contributed by atoms with Gasteiger partial charge >= 0.3 is 6.18 Å². The number of hydrogen-bond acceptors (Lipinski definition) is 2. The number of nitrogens with one attached hydrogen (secondary N) is 1. The van der Waals surface area contributed by atoms with Crippen LogP contribution in [0.25, 0.3) is 0 Å². The first kappa shape index (κ1) is 10.7. The molecule has 0 radical (unpaired) electrons. The van der Waals surface area contributed by atoms with Crippen LogP contribution in [-0.4, -0.2) is 11.8 Å². The summed E-state index contributed by atoms with van der Waals surface area (Å²) in [6.07, 6.45) is -4.25. The van der Waals surface area contributed by atoms with Crippen LogP contribution in [0.5, 0.6) is 0 Å². The molecule has 1 heterocycles. The largest absolute Gasteiger partial charge is 0.416 e. The van der Waals surface area contributed by atoms with Gasteiger partial charge in [0.2, 0.25) is 0 Å². The Hall–Kier alpha value is -0.840. The molecule has 1 atom stereocenters. The Labute approximate surface area is 90.1 Å². The third kappa shape index (κ3) is 2.22. The van der Waals surface area contributed by atoms with E-state index < -0.39 is 11.7 Å². The normalized spacial score (nSPS) is 20.7. The van der Waals surface area contributed by atoms with Crippen molar-refractivity contribution in [2.45, 2.75) is 24.0 Å². The summed E-state index contributed by atoms with van der Waals surface area (Å²) in [5.74, 6) is 0.800. The lowest BCUT2D eigenvalue weighted by Crippen LogP contribution is -2.22. The zero-order valence-electron chi connectivity index (χ0n) is 8.06. The monoisotopic (exact) mass is 233 g/mol. The third-order valence-corrected chi connectivity index (χ3v) is 3.52. The molecule has 15 heavy (non-hydrogen) atoms. The molecule has 0 amide bonds. The number of thioether (sulfide) groups is 1. The average Bonchev–Trinajstić information content (AvgIpc) is 2.15. The Morgan fingerprint density at radius 1 is 1.40 bits per heavy atom. The molecule has 0 saturated carbocycles. The lowest BCUT2D eigenvalue weighted by molar-refractivity contribution is -0.137. The number of benzene rings is 1. The Balaban J connectivity index is 2.35. The molecule has 0 fully saturated rings. The number of alkyl halides is 3. The van der Waals surface area contributed by atoms with Gasteiger partial charge in [0.25, 0.3) is 0 Å². The van der Waals surface area contributed by atoms with E-state index in [0.29, 0.717) is 10.9 Å². The fourth-order valence-corrected chi connectivity index (χ4v) is 2.46. The van der Waals surface area contributed by atoms with Gasteiger partial charge in [-0.1, -0.05) is 0 Å². The van der Waals surface area contributed by atoms with Crippen molar-refractivity contribution in [2.75, 3.05) is 11.1 Å². The highest BCUT2D eigenvalue weighted by molar-refractivity contribution is 7.99. The van der Waals surface area contributed by atoms with E-state index in [2.05, 4.69) is 5.32 Å². The summed E-state index contributed by atoms with van der Waals surface area (Å²) < 4.78 is 37.2. The number of halogens is 3. The van der Waals surface area contributed by atoms with E-state index in [1.807, 2.05) is 6.92 Å². The van der Waals surface area contributed by atoms with Gasteiger partial charge in [0.15, 0.2) is 0 Å². The standard InChI is InChI=1S/C10H10F3NS/c1-6-5-15-9-4-7(10(11,12)13)2-3-8(9)14-6/h2-4,6,14H,5H2,1H3. The van der Waals surface area contributed by atoms with E-state index in [1.54, 1.807) is 0 Å². The SMILES string of the molecule is CC1CSc2cc(C(F)(F)F)ccc2N1. The van der Waals surface area contributed by atoms with Gasteiger partial charge in [-0.25, -0.2) is 0 Å². The Kier molecular flexibility index (Phi) is 2.58. The predicted molar refractivity (Wildman–Crippen MR) is 55.3 cm³/mol. The van der Waals surface area contributed by atoms with Crippen molar-refractivity contribution < 1.29 is 13.2 Å². The molecule has 1 aliphatic rings. The fraction of sp³-hybridized carbons (Fsp3) is 0.400. The second kappa shape index (κ2) is 3.63. The molecule has 1 N–H and O–H groups in total. The molecule has 82 valence electrons. The number of hydrogen-bond donors (Lipinski definition) is 1. The zero-order chi connectivity index (χ0) is 11.1. The smallest absolute Gasteiger partial charge is 0.381 e. The summed E-state index contributed by atoms with van der Waals surface area (Å²) in [6.45, 7) is 2.01. The lowest BCUT2D eigenvalue weighted by Gasteiger charge is -2.24. The first-order chi connectivity index (χ1) is 6.97. The van der Waals surface area contributed by atoms with Crippen molar-refractivity contribution in [3.8, 4) is 0 Å². The molecule has 1 aliphatic heterocycles. The molecular weight excluding hydrogens is 223 g/mol. The minimum atomic E-state index is -4.25. The van der Waals surface area contributed by atoms with Gasteiger partial charge in [0, 0.05) is 22.4 Å². The van der Waals surface area contributed by atoms with E-state index in [1.165, 1.54) is 23.9 Å². The Morgan fingerprint density at radius 3 is 2.80 bits per heavy atom. The van der Waals surface area contributed by atoms with E-state index in [0.717, 1.165) is 17.5 Å². The average molecular weight is 233 g/mol. The summed E-state index contributed by atoms with van der Waals surface area (Å²) in [5, 5.41) is 3.15. The van der Waals surface area contributed by atoms with Gasteiger partial charge in [-0.3, -0.25) is 0 Å². The molecule has 0 aliphatic carbocycles. The van der Waals surface area contributed by atoms with Gasteiger partial charge in [-0.05, 0) is 25.1 Å². The predicted octanol–water partition coefficient (Wildman–Crippen LogP) is 3.61. The maximum atomic E-state index is 12.4. The molecular formula is C10H10F3NS. The Morgan fingerprint density at radius 2 is 2.13 bits per heavy atom. The molecule has 1 nitrogen and oxygen atoms in total. The first-order valence-corrected chi connectivity index (χ1v) is 5.56. The third-order valence-electron chi connectivity index (χ3n) is 2.20. The van der Waals surface area contributed by atoms with Crippen molar-refractivity contribution in [2.24, 2.45) is 0 Å². The van der Waals surface area contributed by atoms with Crippen molar-refractivity contribution in [1.29, 1.82) is 0 Å². The van der Waals surface area contributed by atoms with Gasteiger partial charge < -0.3 is 5.32 Å². The second-order valence-electron chi connectivity index (χ2n) is 3.57. The first-order valence-electron chi connectivity index (χ1n) is 4.57. The lowest BCUT2D eigenvalue weighted by atomic mass is 10.2. The van der Waals surface area contributed by atoms with Crippen LogP contribution in [0, 0.1) is 0 Å². The van der Waals surface area contributed by atoms with Crippen LogP contribution >= 0.6 is 11.8 Å². The summed E-state index contributed by atoms with van der Waals surface area (Å²) in [5.41, 5.74) is 0.219. The van der Waals surface area contributed by atoms with Crippen molar-refractivity contribution >= 4 is 17.4 Å². The quantitative estimate of drug-likeness (QED) is 0.734. The highest BCUT2D eigenvalue weighted by atomic mass is 32.2. The summed E-state index contributed by atoms with van der Waals surface area (Å²) in [4.78, 5) is 0.683. The van der Waals surface area contributed by atoms with E-state index in [9.17, 15) is 13.2 Å².